The van der Waals surface area contributed by atoms with E-state index in [0.29, 0.717) is 11.4 Å². The van der Waals surface area contributed by atoms with Crippen molar-refractivity contribution in [3.05, 3.63) is 28.0 Å². The lowest BCUT2D eigenvalue weighted by molar-refractivity contribution is 0.0696. The van der Waals surface area contributed by atoms with Crippen LogP contribution in [0.3, 0.4) is 0 Å². The number of pyridine rings is 1. The third-order valence-corrected chi connectivity index (χ3v) is 1.96. The number of hydrogen-bond acceptors (Lipinski definition) is 2. The molecule has 0 amide bonds. The van der Waals surface area contributed by atoms with Crippen LogP contribution in [-0.4, -0.2) is 16.1 Å². The van der Waals surface area contributed by atoms with Crippen LogP contribution in [0, 0.1) is 13.8 Å². The van der Waals surface area contributed by atoms with Crippen molar-refractivity contribution in [1.82, 2.24) is 4.98 Å². The average Bonchev–Trinajstić information content (AvgIpc) is 1.96. The van der Waals surface area contributed by atoms with Crippen LogP contribution >= 0.6 is 11.6 Å². The lowest BCUT2D eigenvalue weighted by Gasteiger charge is -2.02. The Kier molecular flexibility index (Phi) is 2.33. The van der Waals surface area contributed by atoms with Crippen LogP contribution in [0.4, 0.5) is 0 Å². The van der Waals surface area contributed by atoms with Crippen LogP contribution in [-0.2, 0) is 0 Å². The van der Waals surface area contributed by atoms with E-state index in [9.17, 15) is 4.79 Å². The molecule has 12 heavy (non-hydrogen) atoms. The molecule has 0 saturated carbocycles. The Morgan fingerprint density at radius 2 is 2.17 bits per heavy atom. The summed E-state index contributed by atoms with van der Waals surface area (Å²) in [4.78, 5) is 14.6. The zero-order chi connectivity index (χ0) is 9.30. The van der Waals surface area contributed by atoms with E-state index in [1.54, 1.807) is 13.8 Å². The van der Waals surface area contributed by atoms with Gasteiger partial charge in [-0.3, -0.25) is 4.98 Å². The van der Waals surface area contributed by atoms with Gasteiger partial charge in [0.25, 0.3) is 0 Å². The average molecular weight is 186 g/mol. The summed E-state index contributed by atoms with van der Waals surface area (Å²) in [5, 5.41) is 8.92. The molecule has 0 aliphatic carbocycles. The fourth-order valence-corrected chi connectivity index (χ4v) is 1.15. The molecule has 1 rings (SSSR count). The number of aromatic nitrogens is 1. The largest absolute Gasteiger partial charge is 0.478 e. The zero-order valence-electron chi connectivity index (χ0n) is 6.76. The molecule has 0 bridgehead atoms. The van der Waals surface area contributed by atoms with Crippen molar-refractivity contribution in [2.45, 2.75) is 13.8 Å². The maximum absolute atomic E-state index is 10.6. The van der Waals surface area contributed by atoms with Crippen molar-refractivity contribution in [1.29, 1.82) is 0 Å². The number of carbonyl (C=O) groups is 1. The SMILES string of the molecule is Cc1cc(C(=O)O)c(Cl)c(C)n1. The van der Waals surface area contributed by atoms with Gasteiger partial charge < -0.3 is 5.11 Å². The van der Waals surface area contributed by atoms with Crippen molar-refractivity contribution in [2.24, 2.45) is 0 Å². The first-order valence-corrected chi connectivity index (χ1v) is 3.77. The van der Waals surface area contributed by atoms with E-state index in [-0.39, 0.29) is 10.6 Å². The van der Waals surface area contributed by atoms with Gasteiger partial charge in [-0.1, -0.05) is 11.6 Å². The topological polar surface area (TPSA) is 50.2 Å². The van der Waals surface area contributed by atoms with Gasteiger partial charge >= 0.3 is 5.97 Å². The molecule has 0 aliphatic rings. The van der Waals surface area contributed by atoms with Gasteiger partial charge in [0, 0.05) is 5.69 Å². The van der Waals surface area contributed by atoms with E-state index in [4.69, 9.17) is 16.7 Å². The Balaban J connectivity index is 3.37. The van der Waals surface area contributed by atoms with Crippen molar-refractivity contribution in [3.8, 4) is 0 Å². The van der Waals surface area contributed by atoms with E-state index >= 15 is 0 Å². The standard InChI is InChI=1S/C8H8ClNO2/c1-4-3-6(8(11)12)7(9)5(2)10-4/h3H,1-2H3,(H,11,12). The molecular formula is C8H8ClNO2. The lowest BCUT2D eigenvalue weighted by Crippen LogP contribution is -2.01. The number of rotatable bonds is 1. The Morgan fingerprint density at radius 1 is 1.58 bits per heavy atom. The smallest absolute Gasteiger partial charge is 0.337 e. The first-order valence-electron chi connectivity index (χ1n) is 3.39. The number of halogens is 1. The van der Waals surface area contributed by atoms with E-state index in [0.717, 1.165) is 0 Å². The Morgan fingerprint density at radius 3 is 2.67 bits per heavy atom. The van der Waals surface area contributed by atoms with Crippen molar-refractivity contribution in [3.63, 3.8) is 0 Å². The minimum Gasteiger partial charge on any atom is -0.478 e. The summed E-state index contributed by atoms with van der Waals surface area (Å²) in [6.45, 7) is 3.41. The monoisotopic (exact) mass is 185 g/mol. The van der Waals surface area contributed by atoms with E-state index in [1.807, 2.05) is 0 Å². The third-order valence-electron chi connectivity index (χ3n) is 1.48. The normalized spacial score (nSPS) is 9.92. The number of aryl methyl sites for hydroxylation is 2. The predicted octanol–water partition coefficient (Wildman–Crippen LogP) is 2.05. The third kappa shape index (κ3) is 1.56. The maximum atomic E-state index is 10.6. The minimum absolute atomic E-state index is 0.113. The molecule has 4 heteroatoms. The van der Waals surface area contributed by atoms with Gasteiger partial charge in [0.1, 0.15) is 0 Å². The molecule has 0 radical (unpaired) electrons. The van der Waals surface area contributed by atoms with Crippen LogP contribution in [0.1, 0.15) is 21.7 Å². The predicted molar refractivity (Wildman–Crippen MR) is 45.7 cm³/mol. The van der Waals surface area contributed by atoms with Crippen molar-refractivity contribution in [2.75, 3.05) is 0 Å². The van der Waals surface area contributed by atoms with Crippen LogP contribution < -0.4 is 0 Å². The van der Waals surface area contributed by atoms with Gasteiger partial charge in [0.05, 0.1) is 16.3 Å². The van der Waals surface area contributed by atoms with Gasteiger partial charge in [-0.2, -0.15) is 0 Å². The van der Waals surface area contributed by atoms with E-state index in [1.165, 1.54) is 6.07 Å². The van der Waals surface area contributed by atoms with Crippen LogP contribution in [0.15, 0.2) is 6.07 Å². The van der Waals surface area contributed by atoms with Gasteiger partial charge in [-0.25, -0.2) is 4.79 Å². The summed E-state index contributed by atoms with van der Waals surface area (Å²) < 4.78 is 0. The summed E-state index contributed by atoms with van der Waals surface area (Å²) in [6, 6.07) is 1.46. The summed E-state index contributed by atoms with van der Waals surface area (Å²) in [6.07, 6.45) is 0. The molecule has 0 aromatic carbocycles. The second kappa shape index (κ2) is 3.11. The number of nitrogens with zero attached hydrogens (tertiary/aromatic N) is 1. The highest BCUT2D eigenvalue weighted by Crippen LogP contribution is 2.19. The first-order chi connectivity index (χ1) is 5.52. The zero-order valence-corrected chi connectivity index (χ0v) is 7.51. The van der Waals surface area contributed by atoms with Crippen LogP contribution in [0.2, 0.25) is 5.02 Å². The summed E-state index contributed by atoms with van der Waals surface area (Å²) in [5.41, 5.74) is 1.32. The molecular weight excluding hydrogens is 178 g/mol. The maximum Gasteiger partial charge on any atom is 0.337 e. The fourth-order valence-electron chi connectivity index (χ4n) is 0.969. The second-order valence-corrected chi connectivity index (χ2v) is 2.89. The number of aromatic carboxylic acids is 1. The van der Waals surface area contributed by atoms with E-state index < -0.39 is 5.97 Å². The number of carboxylic acids is 1. The van der Waals surface area contributed by atoms with Crippen LogP contribution in [0.25, 0.3) is 0 Å². The molecule has 0 atom stereocenters. The number of carboxylic acid groups (broad SMARTS) is 1. The molecule has 0 unspecified atom stereocenters. The molecule has 64 valence electrons. The highest BCUT2D eigenvalue weighted by molar-refractivity contribution is 6.34. The lowest BCUT2D eigenvalue weighted by atomic mass is 10.2. The minimum atomic E-state index is -1.02. The molecule has 3 nitrogen and oxygen atoms in total. The molecule has 1 heterocycles. The Hall–Kier alpha value is -1.09. The highest BCUT2D eigenvalue weighted by Gasteiger charge is 2.11. The number of hydrogen-bond donors (Lipinski definition) is 1. The molecule has 0 aliphatic heterocycles. The van der Waals surface area contributed by atoms with Gasteiger partial charge in [-0.15, -0.1) is 0 Å². The quantitative estimate of drug-likeness (QED) is 0.729. The Bertz CT molecular complexity index is 336. The molecule has 1 aromatic rings. The van der Waals surface area contributed by atoms with E-state index in [2.05, 4.69) is 4.98 Å². The summed E-state index contributed by atoms with van der Waals surface area (Å²) in [5.74, 6) is -1.02. The Labute approximate surface area is 75.0 Å². The van der Waals surface area contributed by atoms with Gasteiger partial charge in [-0.05, 0) is 19.9 Å². The molecule has 1 N–H and O–H groups in total. The molecule has 0 saturated heterocycles. The summed E-state index contributed by atoms with van der Waals surface area (Å²) >= 11 is 5.72. The van der Waals surface area contributed by atoms with Gasteiger partial charge in [0.15, 0.2) is 0 Å². The highest BCUT2D eigenvalue weighted by atomic mass is 35.5. The van der Waals surface area contributed by atoms with Crippen molar-refractivity contribution >= 4 is 17.6 Å². The molecule has 1 aromatic heterocycles. The van der Waals surface area contributed by atoms with Gasteiger partial charge in [0.2, 0.25) is 0 Å². The summed E-state index contributed by atoms with van der Waals surface area (Å²) in [7, 11) is 0. The second-order valence-electron chi connectivity index (χ2n) is 2.52. The first kappa shape index (κ1) is 9.00. The fraction of sp³-hybridized carbons (Fsp3) is 0.250. The van der Waals surface area contributed by atoms with Crippen molar-refractivity contribution < 1.29 is 9.90 Å². The molecule has 0 spiro atoms. The van der Waals surface area contributed by atoms with Crippen LogP contribution in [0.5, 0.6) is 0 Å². The molecule has 0 fully saturated rings.